The van der Waals surface area contributed by atoms with Gasteiger partial charge >= 0.3 is 17.1 Å². The van der Waals surface area contributed by atoms with Crippen molar-refractivity contribution >= 4 is 46.4 Å². The van der Waals surface area contributed by atoms with Gasteiger partial charge in [-0.2, -0.15) is 0 Å². The van der Waals surface area contributed by atoms with Gasteiger partial charge in [0, 0.05) is 22.3 Å². The summed E-state index contributed by atoms with van der Waals surface area (Å²) in [4.78, 5) is 36.8. The van der Waals surface area contributed by atoms with Gasteiger partial charge in [-0.1, -0.05) is 131 Å². The van der Waals surface area contributed by atoms with Crippen LogP contribution in [0, 0.1) is 20.2 Å². The molecule has 0 aliphatic carbocycles. The topological polar surface area (TPSA) is 122 Å². The molecule has 3 aromatic heterocycles. The van der Waals surface area contributed by atoms with Crippen LogP contribution in [-0.2, 0) is 17.1 Å². The molecule has 2 aliphatic heterocycles. The van der Waals surface area contributed by atoms with E-state index in [1.807, 2.05) is 146 Å². The van der Waals surface area contributed by atoms with Gasteiger partial charge in [-0.05, 0) is 70.8 Å². The van der Waals surface area contributed by atoms with E-state index < -0.39 is 10.1 Å². The number of rotatable bonds is 6. The van der Waals surface area contributed by atoms with E-state index >= 15 is 0 Å². The predicted octanol–water partition coefficient (Wildman–Crippen LogP) is 10.3. The molecule has 267 valence electrons. The molecule has 9 rings (SSSR count). The fourth-order valence-electron chi connectivity index (χ4n) is 7.37. The van der Waals surface area contributed by atoms with Crippen LogP contribution in [0.5, 0.6) is 0 Å². The molecule has 1 radical (unpaired) electrons. The Morgan fingerprint density at radius 1 is 0.364 bits per heavy atom. The Morgan fingerprint density at radius 2 is 0.582 bits per heavy atom. The average molecular weight is 768 g/mol. The Hall–Kier alpha value is -7.20. The smallest absolute Gasteiger partial charge is 0.248 e. The van der Waals surface area contributed by atoms with Gasteiger partial charge in [0.2, 0.25) is 0 Å². The zero-order chi connectivity index (χ0) is 36.8. The zero-order valence-corrected chi connectivity index (χ0v) is 29.7. The molecule has 4 aromatic carbocycles. The van der Waals surface area contributed by atoms with Gasteiger partial charge in [0.15, 0.2) is 10.1 Å². The quantitative estimate of drug-likeness (QED) is 0.0943. The number of fused-ring (bicyclic) bond motifs is 8. The van der Waals surface area contributed by atoms with Crippen molar-refractivity contribution in [2.75, 3.05) is 0 Å². The fourth-order valence-corrected chi connectivity index (χ4v) is 7.37. The van der Waals surface area contributed by atoms with Gasteiger partial charge in [-0.15, -0.1) is 0 Å². The number of benzene rings is 4. The number of aromatic nitrogens is 4. The van der Waals surface area contributed by atoms with Crippen LogP contribution in [0.1, 0.15) is 22.8 Å². The van der Waals surface area contributed by atoms with E-state index in [0.29, 0.717) is 89.4 Å². The van der Waals surface area contributed by atoms with Crippen molar-refractivity contribution in [1.29, 1.82) is 0 Å². The minimum Gasteiger partial charge on any atom is -0.248 e. The second kappa shape index (κ2) is 14.3. The van der Waals surface area contributed by atoms with Crippen molar-refractivity contribution in [3.8, 4) is 44.5 Å². The standard InChI is InChI=1S/C44H28N6O4.Cu/c51-49(52)47-37-25-26-38(47)43(31-17-9-3-10-18-31)35-23-24-36(46-35)44(32-19-11-4-12-20-32)40-28-27-39(48(40)50(53)54)42(30-15-7-2-8-16-30)34-22-21-33(45-34)41(37)29-13-5-1-6-14-29;/h1-28H;/q;+2. The van der Waals surface area contributed by atoms with Gasteiger partial charge in [-0.3, -0.25) is 0 Å². The van der Waals surface area contributed by atoms with Gasteiger partial charge in [-0.25, -0.2) is 30.2 Å². The van der Waals surface area contributed by atoms with Crippen LogP contribution >= 0.6 is 0 Å². The molecule has 7 aromatic rings. The van der Waals surface area contributed by atoms with Crippen molar-refractivity contribution in [1.82, 2.24) is 19.3 Å². The molecule has 0 saturated heterocycles. The van der Waals surface area contributed by atoms with E-state index in [0.717, 1.165) is 9.35 Å². The molecule has 11 heteroatoms. The van der Waals surface area contributed by atoms with Crippen molar-refractivity contribution in [3.05, 3.63) is 189 Å². The summed E-state index contributed by atoms with van der Waals surface area (Å²) in [5, 5.41) is 25.8. The Kier molecular flexibility index (Phi) is 9.08. The summed E-state index contributed by atoms with van der Waals surface area (Å²) in [5.74, 6) is 0. The Balaban J connectivity index is 0.00000427. The molecule has 0 atom stereocenters. The molecule has 0 unspecified atom stereocenters. The van der Waals surface area contributed by atoms with E-state index in [9.17, 15) is 20.2 Å². The maximum Gasteiger partial charge on any atom is 2.00 e. The normalized spacial score (nSPS) is 11.6. The number of nitrogens with zero attached hydrogens (tertiary/aromatic N) is 6. The summed E-state index contributed by atoms with van der Waals surface area (Å²) in [6.45, 7) is 0. The Bertz CT molecular complexity index is 2500. The van der Waals surface area contributed by atoms with Crippen LogP contribution in [0.15, 0.2) is 146 Å². The molecule has 0 fully saturated rings. The van der Waals surface area contributed by atoms with Crippen LogP contribution in [0.4, 0.5) is 0 Å². The average Bonchev–Trinajstić information content (AvgIpc) is 4.03. The fraction of sp³-hybridized carbons (Fsp3) is 0. The summed E-state index contributed by atoms with van der Waals surface area (Å²) in [5.41, 5.74) is 8.08. The number of nitro groups is 2. The molecular formula is C44H28CuN6O4+2. The van der Waals surface area contributed by atoms with Crippen LogP contribution in [-0.4, -0.2) is 29.4 Å². The third-order valence-electron chi connectivity index (χ3n) is 9.62. The number of hydrogen-bond donors (Lipinski definition) is 0. The van der Waals surface area contributed by atoms with Gasteiger partial charge in [0.25, 0.3) is 0 Å². The second-order valence-corrected chi connectivity index (χ2v) is 12.7. The van der Waals surface area contributed by atoms with Crippen molar-refractivity contribution < 1.29 is 27.1 Å². The molecule has 8 bridgehead atoms. The van der Waals surface area contributed by atoms with Crippen LogP contribution in [0.3, 0.4) is 0 Å². The van der Waals surface area contributed by atoms with Gasteiger partial charge in [0.05, 0.1) is 22.8 Å². The minimum atomic E-state index is -0.415. The molecule has 2 aliphatic rings. The molecule has 55 heavy (non-hydrogen) atoms. The van der Waals surface area contributed by atoms with Crippen molar-refractivity contribution in [2.24, 2.45) is 0 Å². The van der Waals surface area contributed by atoms with Crippen LogP contribution in [0.25, 0.3) is 90.9 Å². The van der Waals surface area contributed by atoms with Gasteiger partial charge in [0.1, 0.15) is 22.1 Å². The maximum atomic E-state index is 13.3. The summed E-state index contributed by atoms with van der Waals surface area (Å²) in [7, 11) is 0. The first-order chi connectivity index (χ1) is 26.5. The third kappa shape index (κ3) is 6.03. The van der Waals surface area contributed by atoms with E-state index in [1.54, 1.807) is 24.3 Å². The first-order valence-electron chi connectivity index (χ1n) is 17.2. The van der Waals surface area contributed by atoms with E-state index in [2.05, 4.69) is 0 Å². The maximum absolute atomic E-state index is 13.3. The van der Waals surface area contributed by atoms with E-state index in [-0.39, 0.29) is 17.1 Å². The molecule has 10 nitrogen and oxygen atoms in total. The molecule has 5 heterocycles. The summed E-state index contributed by atoms with van der Waals surface area (Å²) in [6.07, 6.45) is 7.24. The molecule has 0 spiro atoms. The summed E-state index contributed by atoms with van der Waals surface area (Å²) < 4.78 is 2.21. The van der Waals surface area contributed by atoms with E-state index in [4.69, 9.17) is 9.97 Å². The monoisotopic (exact) mass is 767 g/mol. The molecule has 0 saturated carbocycles. The predicted molar refractivity (Wildman–Crippen MR) is 213 cm³/mol. The second-order valence-electron chi connectivity index (χ2n) is 12.7. The largest absolute Gasteiger partial charge is 2.00 e. The number of hydrogen-bond acceptors (Lipinski definition) is 6. The first-order valence-corrected chi connectivity index (χ1v) is 17.2. The Morgan fingerprint density at radius 3 is 0.782 bits per heavy atom. The zero-order valence-electron chi connectivity index (χ0n) is 28.8. The Labute approximate surface area is 324 Å². The van der Waals surface area contributed by atoms with Crippen molar-refractivity contribution in [3.63, 3.8) is 0 Å². The van der Waals surface area contributed by atoms with Gasteiger partial charge < -0.3 is 0 Å². The first kappa shape index (κ1) is 34.9. The van der Waals surface area contributed by atoms with Crippen LogP contribution in [0.2, 0.25) is 0 Å². The van der Waals surface area contributed by atoms with E-state index in [1.165, 1.54) is 0 Å². The van der Waals surface area contributed by atoms with Crippen molar-refractivity contribution in [2.45, 2.75) is 0 Å². The third-order valence-corrected chi connectivity index (χ3v) is 9.62. The summed E-state index contributed by atoms with van der Waals surface area (Å²) in [6, 6.07) is 44.6. The molecule has 0 N–H and O–H groups in total. The molecular weight excluding hydrogens is 740 g/mol. The SMILES string of the molecule is O=[N+]([O-])n1c2ccc1c(-c1ccccc1)c1nc(c(-c3ccccc3)c3ccc(c(-c4ccccc4)c4nc(c2-c2ccccc2)C=C4)n3[N+](=O)[O-])C=C1.[Cu+2]. The molecule has 0 amide bonds. The minimum absolute atomic E-state index is 0. The summed E-state index contributed by atoms with van der Waals surface area (Å²) >= 11 is 0. The van der Waals surface area contributed by atoms with Crippen LogP contribution < -0.4 is 0 Å².